The highest BCUT2D eigenvalue weighted by Gasteiger charge is 2.11. The average Bonchev–Trinajstić information content (AvgIpc) is 2.56. The molecule has 2 aromatic heterocycles. The third kappa shape index (κ3) is 2.22. The summed E-state index contributed by atoms with van der Waals surface area (Å²) in [7, 11) is 0. The minimum atomic E-state index is 0.262. The first-order valence-electron chi connectivity index (χ1n) is 5.99. The van der Waals surface area contributed by atoms with Gasteiger partial charge >= 0.3 is 0 Å². The molecule has 3 rings (SSSR count). The zero-order valence-electron chi connectivity index (χ0n) is 10.4. The number of rotatable bonds is 2. The van der Waals surface area contributed by atoms with Crippen LogP contribution < -0.4 is 0 Å². The third-order valence-electron chi connectivity index (χ3n) is 2.78. The van der Waals surface area contributed by atoms with Crippen LogP contribution in [0.25, 0.3) is 22.6 Å². The number of hydrogen-bond acceptors (Lipinski definition) is 5. The molecule has 0 saturated carbocycles. The van der Waals surface area contributed by atoms with Gasteiger partial charge < -0.3 is 0 Å². The zero-order valence-corrected chi connectivity index (χ0v) is 10.4. The van der Waals surface area contributed by atoms with E-state index in [-0.39, 0.29) is 5.69 Å². The molecule has 5 nitrogen and oxygen atoms in total. The number of nitrogens with zero attached hydrogens (tertiary/aromatic N) is 5. The van der Waals surface area contributed by atoms with E-state index in [0.29, 0.717) is 11.5 Å². The molecule has 2 heterocycles. The summed E-state index contributed by atoms with van der Waals surface area (Å²) >= 11 is 0. The van der Waals surface area contributed by atoms with Crippen LogP contribution in [0.1, 0.15) is 5.69 Å². The average molecular weight is 259 g/mol. The van der Waals surface area contributed by atoms with Crippen LogP contribution in [0.15, 0.2) is 54.9 Å². The molecule has 1 aromatic carbocycles. The maximum atomic E-state index is 9.26. The van der Waals surface area contributed by atoms with Gasteiger partial charge in [-0.3, -0.25) is 4.98 Å². The van der Waals surface area contributed by atoms with Gasteiger partial charge in [0.2, 0.25) is 0 Å². The predicted octanol–water partition coefficient (Wildman–Crippen LogP) is 2.47. The van der Waals surface area contributed by atoms with Gasteiger partial charge in [0.25, 0.3) is 0 Å². The first-order chi connectivity index (χ1) is 9.88. The van der Waals surface area contributed by atoms with E-state index in [0.717, 1.165) is 11.1 Å². The van der Waals surface area contributed by atoms with Crippen LogP contribution in [0.3, 0.4) is 0 Å². The molecule has 0 fully saturated rings. The second-order valence-corrected chi connectivity index (χ2v) is 4.05. The Kier molecular flexibility index (Phi) is 3.13. The van der Waals surface area contributed by atoms with Crippen molar-refractivity contribution in [3.8, 4) is 28.7 Å². The molecule has 0 aliphatic rings. The van der Waals surface area contributed by atoms with Crippen LogP contribution in [-0.2, 0) is 0 Å². The summed E-state index contributed by atoms with van der Waals surface area (Å²) in [6.07, 6.45) is 3.30. The van der Waals surface area contributed by atoms with E-state index in [9.17, 15) is 5.26 Å². The lowest BCUT2D eigenvalue weighted by Crippen LogP contribution is -2.00. The molecule has 0 atom stereocenters. The summed E-state index contributed by atoms with van der Waals surface area (Å²) in [5.41, 5.74) is 2.36. The first-order valence-corrected chi connectivity index (χ1v) is 5.99. The Labute approximate surface area is 115 Å². The molecule has 0 spiro atoms. The molecule has 94 valence electrons. The van der Waals surface area contributed by atoms with Gasteiger partial charge in [0.15, 0.2) is 11.5 Å². The Bertz CT molecular complexity index is 763. The van der Waals surface area contributed by atoms with Gasteiger partial charge in [0.05, 0.1) is 0 Å². The fraction of sp³-hybridized carbons (Fsp3) is 0. The second kappa shape index (κ2) is 5.24. The summed E-state index contributed by atoms with van der Waals surface area (Å²) in [6, 6.07) is 15.1. The molecular formula is C15H9N5. The molecule has 0 saturated heterocycles. The maximum absolute atomic E-state index is 9.26. The van der Waals surface area contributed by atoms with Gasteiger partial charge in [-0.25, -0.2) is 4.98 Å². The highest BCUT2D eigenvalue weighted by molar-refractivity contribution is 5.65. The van der Waals surface area contributed by atoms with Crippen molar-refractivity contribution in [1.29, 1.82) is 5.26 Å². The zero-order chi connectivity index (χ0) is 13.8. The second-order valence-electron chi connectivity index (χ2n) is 4.05. The Morgan fingerprint density at radius 3 is 2.30 bits per heavy atom. The van der Waals surface area contributed by atoms with Gasteiger partial charge in [-0.05, 0) is 12.1 Å². The summed E-state index contributed by atoms with van der Waals surface area (Å²) < 4.78 is 0. The fourth-order valence-corrected chi connectivity index (χ4v) is 1.82. The third-order valence-corrected chi connectivity index (χ3v) is 2.78. The predicted molar refractivity (Wildman–Crippen MR) is 73.2 cm³/mol. The molecule has 0 bridgehead atoms. The van der Waals surface area contributed by atoms with Crippen molar-refractivity contribution in [3.63, 3.8) is 0 Å². The highest BCUT2D eigenvalue weighted by atomic mass is 15.2. The van der Waals surface area contributed by atoms with Gasteiger partial charge in [-0.15, -0.1) is 10.2 Å². The van der Waals surface area contributed by atoms with E-state index in [1.54, 1.807) is 24.5 Å². The van der Waals surface area contributed by atoms with Crippen molar-refractivity contribution in [2.45, 2.75) is 0 Å². The van der Waals surface area contributed by atoms with Crippen LogP contribution >= 0.6 is 0 Å². The number of aromatic nitrogens is 4. The molecule has 0 amide bonds. The summed E-state index contributed by atoms with van der Waals surface area (Å²) in [5, 5.41) is 17.5. The molecule has 20 heavy (non-hydrogen) atoms. The van der Waals surface area contributed by atoms with Crippen molar-refractivity contribution in [2.24, 2.45) is 0 Å². The van der Waals surface area contributed by atoms with Crippen molar-refractivity contribution < 1.29 is 0 Å². The van der Waals surface area contributed by atoms with Gasteiger partial charge in [0, 0.05) is 23.5 Å². The molecular weight excluding hydrogens is 250 g/mol. The Balaban J connectivity index is 2.11. The Morgan fingerprint density at radius 1 is 0.850 bits per heavy atom. The normalized spacial score (nSPS) is 9.95. The van der Waals surface area contributed by atoms with E-state index in [1.807, 2.05) is 30.3 Å². The van der Waals surface area contributed by atoms with Crippen LogP contribution in [0, 0.1) is 11.3 Å². The summed E-state index contributed by atoms with van der Waals surface area (Å²) in [4.78, 5) is 8.21. The summed E-state index contributed by atoms with van der Waals surface area (Å²) in [6.45, 7) is 0. The minimum Gasteiger partial charge on any atom is -0.265 e. The lowest BCUT2D eigenvalue weighted by molar-refractivity contribution is 0.974. The van der Waals surface area contributed by atoms with Crippen LogP contribution in [-0.4, -0.2) is 20.2 Å². The molecule has 3 aromatic rings. The topological polar surface area (TPSA) is 75.3 Å². The van der Waals surface area contributed by atoms with E-state index in [2.05, 4.69) is 26.2 Å². The molecule has 0 unspecified atom stereocenters. The van der Waals surface area contributed by atoms with Crippen molar-refractivity contribution in [3.05, 3.63) is 60.6 Å². The fourth-order valence-electron chi connectivity index (χ4n) is 1.82. The van der Waals surface area contributed by atoms with Crippen molar-refractivity contribution in [2.75, 3.05) is 0 Å². The number of hydrogen-bond donors (Lipinski definition) is 0. The summed E-state index contributed by atoms with van der Waals surface area (Å²) in [5.74, 6) is 0.420. The lowest BCUT2D eigenvalue weighted by Gasteiger charge is -2.04. The van der Waals surface area contributed by atoms with E-state index in [1.165, 1.54) is 0 Å². The van der Waals surface area contributed by atoms with Crippen LogP contribution in [0.5, 0.6) is 0 Å². The minimum absolute atomic E-state index is 0.262. The smallest absolute Gasteiger partial charge is 0.183 e. The monoisotopic (exact) mass is 259 g/mol. The van der Waals surface area contributed by atoms with Gasteiger partial charge in [-0.1, -0.05) is 30.3 Å². The van der Waals surface area contributed by atoms with Crippen LogP contribution in [0.2, 0.25) is 0 Å². The van der Waals surface area contributed by atoms with E-state index in [4.69, 9.17) is 0 Å². The molecule has 0 aliphatic carbocycles. The SMILES string of the molecule is N#Cc1nc(-c2ccncc2)nnc1-c1ccccc1. The number of benzene rings is 1. The largest absolute Gasteiger partial charge is 0.265 e. The van der Waals surface area contributed by atoms with Crippen LogP contribution in [0.4, 0.5) is 0 Å². The first kappa shape index (κ1) is 11.9. The molecule has 0 aliphatic heterocycles. The van der Waals surface area contributed by atoms with Crippen molar-refractivity contribution >= 4 is 0 Å². The standard InChI is InChI=1S/C15H9N5/c16-10-13-14(11-4-2-1-3-5-11)19-20-15(18-13)12-6-8-17-9-7-12/h1-9H. The Morgan fingerprint density at radius 2 is 1.60 bits per heavy atom. The van der Waals surface area contributed by atoms with E-state index < -0.39 is 0 Å². The molecule has 0 N–H and O–H groups in total. The molecule has 0 radical (unpaired) electrons. The van der Waals surface area contributed by atoms with Crippen molar-refractivity contribution in [1.82, 2.24) is 20.2 Å². The van der Waals surface area contributed by atoms with Gasteiger partial charge in [-0.2, -0.15) is 5.26 Å². The Hall–Kier alpha value is -3.13. The number of pyridine rings is 1. The number of nitriles is 1. The quantitative estimate of drug-likeness (QED) is 0.706. The lowest BCUT2D eigenvalue weighted by atomic mass is 10.1. The van der Waals surface area contributed by atoms with Gasteiger partial charge in [0.1, 0.15) is 11.8 Å². The van der Waals surface area contributed by atoms with E-state index >= 15 is 0 Å². The maximum Gasteiger partial charge on any atom is 0.183 e. The highest BCUT2D eigenvalue weighted by Crippen LogP contribution is 2.21. The molecule has 5 heteroatoms.